The van der Waals surface area contributed by atoms with E-state index in [2.05, 4.69) is 69.5 Å². The fourth-order valence-electron chi connectivity index (χ4n) is 5.91. The maximum atomic E-state index is 2.52. The van der Waals surface area contributed by atoms with Gasteiger partial charge in [0, 0.05) is 48.6 Å². The molecule has 0 amide bonds. The van der Waals surface area contributed by atoms with Gasteiger partial charge in [-0.3, -0.25) is 0 Å². The summed E-state index contributed by atoms with van der Waals surface area (Å²) in [5.74, 6) is 0. The molecule has 0 spiro atoms. The molecule has 0 bridgehead atoms. The van der Waals surface area contributed by atoms with Crippen LogP contribution in [0.25, 0.3) is 0 Å². The van der Waals surface area contributed by atoms with E-state index in [4.69, 9.17) is 0 Å². The molecule has 1 aliphatic heterocycles. The van der Waals surface area contributed by atoms with Gasteiger partial charge in [0.05, 0.1) is 14.1 Å². The summed E-state index contributed by atoms with van der Waals surface area (Å²) in [6.07, 6.45) is 0. The van der Waals surface area contributed by atoms with E-state index >= 15 is 0 Å². The van der Waals surface area contributed by atoms with Gasteiger partial charge in [-0.05, 0) is 33.1 Å². The summed E-state index contributed by atoms with van der Waals surface area (Å²) < 4.78 is 1.12. The Hall–Kier alpha value is 1.22. The summed E-state index contributed by atoms with van der Waals surface area (Å²) in [6.45, 7) is 31.8. The third-order valence-corrected chi connectivity index (χ3v) is 8.68. The molecule has 0 aromatic rings. The topological polar surface area (TPSA) is 0 Å². The van der Waals surface area contributed by atoms with Crippen molar-refractivity contribution in [2.45, 2.75) is 108 Å². The fraction of sp³-hybridized carbons (Fsp3) is 1.00. The van der Waals surface area contributed by atoms with Crippen molar-refractivity contribution in [3.8, 4) is 0 Å². The van der Waals surface area contributed by atoms with Crippen LogP contribution in [0.4, 0.5) is 0 Å². The summed E-state index contributed by atoms with van der Waals surface area (Å²) in [4.78, 5) is 0. The molecule has 0 aromatic carbocycles. The summed E-state index contributed by atoms with van der Waals surface area (Å²) in [5.41, 5.74) is 1.96. The molecular weight excluding hydrogens is 306 g/mol. The number of fused-ring (bicyclic) bond motifs is 1. The van der Waals surface area contributed by atoms with Gasteiger partial charge in [-0.15, -0.1) is 0 Å². The van der Waals surface area contributed by atoms with Crippen LogP contribution >= 0.6 is 0 Å². The first-order valence-electron chi connectivity index (χ1n) is 9.59. The number of hydrogen-bond donors (Lipinski definition) is 0. The SMILES string of the molecule is CC.CC.CC.CC1(C)C2(C)C1(C)C(C)(C)[N+](C)(C)C2(C)C.[Ar]. The first-order chi connectivity index (χ1) is 9.75. The summed E-state index contributed by atoms with van der Waals surface area (Å²) in [7, 11) is 4.83. The number of quaternary nitrogens is 1. The molecule has 0 aromatic heterocycles. The standard InChI is InChI=1S/C15H30N.3C2H6.Ar/c1-11(2)14(7)12(3,4)16(9,10)13(5,6)15(11,14)8;3*1-2;/h1-10H3;3*1-2H3;/q+1;;;;. The maximum absolute atomic E-state index is 2.52. The molecular formula is C21H48ArN+. The number of rotatable bonds is 0. The maximum Gasteiger partial charge on any atom is 0.100 e. The Labute approximate surface area is 179 Å². The number of likely N-dealkylation sites (tertiary alicyclic amines) is 1. The number of nitrogens with zero attached hydrogens (tertiary/aromatic N) is 1. The van der Waals surface area contributed by atoms with Gasteiger partial charge in [0.2, 0.25) is 0 Å². The Morgan fingerprint density at radius 2 is 0.652 bits per heavy atom. The minimum atomic E-state index is 0. The molecule has 2 rings (SSSR count). The third kappa shape index (κ3) is 2.70. The first kappa shape index (κ1) is 29.0. The van der Waals surface area contributed by atoms with E-state index in [0.717, 1.165) is 4.48 Å². The molecule has 2 aliphatic rings. The van der Waals surface area contributed by atoms with Gasteiger partial charge in [0.1, 0.15) is 11.1 Å². The van der Waals surface area contributed by atoms with E-state index in [1.165, 1.54) is 0 Å². The molecule has 2 fully saturated rings. The quantitative estimate of drug-likeness (QED) is 0.421. The van der Waals surface area contributed by atoms with Gasteiger partial charge in [0.25, 0.3) is 0 Å². The number of hydrogen-bond acceptors (Lipinski definition) is 0. The number of piperidine rings is 1. The van der Waals surface area contributed by atoms with Crippen molar-refractivity contribution in [1.29, 1.82) is 0 Å². The summed E-state index contributed by atoms with van der Waals surface area (Å²) in [6, 6.07) is 0. The normalized spacial score (nSPS) is 35.5. The van der Waals surface area contributed by atoms with Crippen LogP contribution in [-0.4, -0.2) is 29.7 Å². The predicted molar refractivity (Wildman–Crippen MR) is 104 cm³/mol. The Morgan fingerprint density at radius 3 is 0.783 bits per heavy atom. The third-order valence-electron chi connectivity index (χ3n) is 8.68. The van der Waals surface area contributed by atoms with Crippen LogP contribution in [-0.2, 0) is 0 Å². The molecule has 144 valence electrons. The second-order valence-electron chi connectivity index (χ2n) is 8.45. The minimum Gasteiger partial charge on any atom is -0.319 e. The summed E-state index contributed by atoms with van der Waals surface area (Å²) in [5, 5.41) is 0. The van der Waals surface area contributed by atoms with E-state index in [1.54, 1.807) is 0 Å². The molecule has 0 N–H and O–H groups in total. The van der Waals surface area contributed by atoms with Crippen molar-refractivity contribution in [2.75, 3.05) is 14.1 Å². The molecule has 1 saturated carbocycles. The van der Waals surface area contributed by atoms with Crippen LogP contribution < -0.4 is 0 Å². The zero-order chi connectivity index (χ0) is 19.0. The second kappa shape index (κ2) is 8.28. The molecule has 1 aliphatic carbocycles. The van der Waals surface area contributed by atoms with E-state index in [1.807, 2.05) is 41.5 Å². The minimum absolute atomic E-state index is 0. The van der Waals surface area contributed by atoms with E-state index in [-0.39, 0.29) is 37.7 Å². The van der Waals surface area contributed by atoms with Gasteiger partial charge in [0.15, 0.2) is 0 Å². The average molecular weight is 355 g/mol. The van der Waals surface area contributed by atoms with Crippen LogP contribution in [0.1, 0.15) is 96.9 Å². The average Bonchev–Trinajstić information content (AvgIpc) is 2.84. The van der Waals surface area contributed by atoms with Crippen molar-refractivity contribution < 1.29 is 42.2 Å². The van der Waals surface area contributed by atoms with Crippen LogP contribution in [0.5, 0.6) is 0 Å². The van der Waals surface area contributed by atoms with Crippen molar-refractivity contribution in [3.63, 3.8) is 0 Å². The van der Waals surface area contributed by atoms with Crippen LogP contribution in [0.15, 0.2) is 0 Å². The van der Waals surface area contributed by atoms with Crippen LogP contribution in [0.3, 0.4) is 0 Å². The Balaban J connectivity index is -0.000000514. The van der Waals surface area contributed by atoms with Crippen molar-refractivity contribution in [3.05, 3.63) is 0 Å². The molecule has 1 saturated heterocycles. The van der Waals surface area contributed by atoms with Gasteiger partial charge >= 0.3 is 0 Å². The molecule has 2 heteroatoms. The van der Waals surface area contributed by atoms with Crippen LogP contribution in [0, 0.1) is 54.0 Å². The van der Waals surface area contributed by atoms with E-state index < -0.39 is 0 Å². The Kier molecular flexibility index (Phi) is 10.4. The first-order valence-corrected chi connectivity index (χ1v) is 9.59. The van der Waals surface area contributed by atoms with Gasteiger partial charge in [-0.2, -0.15) is 0 Å². The van der Waals surface area contributed by atoms with Crippen molar-refractivity contribution in [1.82, 2.24) is 0 Å². The molecule has 1 nitrogen and oxygen atoms in total. The van der Waals surface area contributed by atoms with Crippen molar-refractivity contribution >= 4 is 0 Å². The second-order valence-corrected chi connectivity index (χ2v) is 8.45. The predicted octanol–water partition coefficient (Wildman–Crippen LogP) is 6.76. The van der Waals surface area contributed by atoms with Crippen molar-refractivity contribution in [2.24, 2.45) is 16.2 Å². The van der Waals surface area contributed by atoms with Crippen LogP contribution in [0.2, 0.25) is 0 Å². The summed E-state index contributed by atoms with van der Waals surface area (Å²) >= 11 is 0. The van der Waals surface area contributed by atoms with Gasteiger partial charge < -0.3 is 4.48 Å². The molecule has 23 heavy (non-hydrogen) atoms. The Bertz CT molecular complexity index is 336. The Morgan fingerprint density at radius 1 is 0.478 bits per heavy atom. The van der Waals surface area contributed by atoms with E-state index in [0.29, 0.717) is 27.3 Å². The molecule has 2 atom stereocenters. The molecule has 2 unspecified atom stereocenters. The molecule has 1 heterocycles. The zero-order valence-corrected chi connectivity index (χ0v) is 20.0. The largest absolute Gasteiger partial charge is 0.319 e. The van der Waals surface area contributed by atoms with Gasteiger partial charge in [-0.1, -0.05) is 69.2 Å². The smallest absolute Gasteiger partial charge is 0.100 e. The fourth-order valence-corrected chi connectivity index (χ4v) is 5.91. The van der Waals surface area contributed by atoms with E-state index in [9.17, 15) is 0 Å². The molecule has 0 radical (unpaired) electrons. The zero-order valence-electron chi connectivity index (χ0n) is 19.3. The van der Waals surface area contributed by atoms with Gasteiger partial charge in [-0.25, -0.2) is 0 Å². The monoisotopic (exact) mass is 354 g/mol.